The molecule has 1 aromatic rings. The molecule has 0 saturated carbocycles. The molecule has 1 heterocycles. The van der Waals surface area contributed by atoms with Gasteiger partial charge in [0, 0.05) is 12.5 Å². The molecule has 0 spiro atoms. The van der Waals surface area contributed by atoms with Crippen LogP contribution < -0.4 is 0 Å². The van der Waals surface area contributed by atoms with Crippen molar-refractivity contribution in [1.29, 1.82) is 0 Å². The molecule has 0 unspecified atom stereocenters. The lowest BCUT2D eigenvalue weighted by Crippen LogP contribution is -2.18. The van der Waals surface area contributed by atoms with Gasteiger partial charge >= 0.3 is 5.97 Å². The monoisotopic (exact) mass is 260 g/mol. The number of hydrogen-bond donors (Lipinski definition) is 1. The molecule has 0 aromatic carbocycles. The third-order valence-electron chi connectivity index (χ3n) is 1.95. The molecule has 0 aliphatic heterocycles. The summed E-state index contributed by atoms with van der Waals surface area (Å²) >= 11 is 3.28. The zero-order valence-electron chi connectivity index (χ0n) is 8.63. The van der Waals surface area contributed by atoms with Gasteiger partial charge in [0.2, 0.25) is 5.82 Å². The van der Waals surface area contributed by atoms with Gasteiger partial charge in [-0.2, -0.15) is 0 Å². The Hall–Kier alpha value is -0.840. The first-order valence-corrected chi connectivity index (χ1v) is 5.00. The van der Waals surface area contributed by atoms with Gasteiger partial charge in [0.1, 0.15) is 4.60 Å². The first-order chi connectivity index (χ1) is 6.25. The number of hydrogen-bond acceptors (Lipinski definition) is 2. The molecule has 0 fully saturated rings. The molecule has 5 heteroatoms. The van der Waals surface area contributed by atoms with E-state index in [2.05, 4.69) is 20.9 Å². The van der Waals surface area contributed by atoms with Crippen LogP contribution >= 0.6 is 15.9 Å². The van der Waals surface area contributed by atoms with Crippen LogP contribution in [0.5, 0.6) is 0 Å². The van der Waals surface area contributed by atoms with Crippen molar-refractivity contribution in [2.45, 2.75) is 26.2 Å². The first-order valence-electron chi connectivity index (χ1n) is 4.21. The molecule has 0 radical (unpaired) electrons. The number of rotatable bonds is 1. The maximum atomic E-state index is 10.8. The lowest BCUT2D eigenvalue weighted by Gasteiger charge is -2.19. The smallest absolute Gasteiger partial charge is 0.372 e. The zero-order chi connectivity index (χ0) is 11.1. The number of nitrogens with zero attached hydrogens (tertiary/aromatic N) is 2. The Morgan fingerprint density at radius 2 is 2.00 bits per heavy atom. The van der Waals surface area contributed by atoms with E-state index in [1.165, 1.54) is 0 Å². The number of carboxylic acids is 1. The molecular formula is C9H13BrN2O2. The molecule has 14 heavy (non-hydrogen) atoms. The molecule has 4 nitrogen and oxygen atoms in total. The van der Waals surface area contributed by atoms with Crippen molar-refractivity contribution >= 4 is 21.9 Å². The van der Waals surface area contributed by atoms with Crippen LogP contribution in [-0.2, 0) is 12.5 Å². The van der Waals surface area contributed by atoms with E-state index in [0.717, 1.165) is 5.69 Å². The largest absolute Gasteiger partial charge is 0.475 e. The second-order valence-electron chi connectivity index (χ2n) is 4.19. The SMILES string of the molecule is Cn1c(C(=O)O)nc(Br)c1C(C)(C)C. The van der Waals surface area contributed by atoms with Crippen LogP contribution in [0.15, 0.2) is 4.60 Å². The predicted octanol–water partition coefficient (Wildman–Crippen LogP) is 2.18. The summed E-state index contributed by atoms with van der Waals surface area (Å²) in [6, 6.07) is 0. The number of carbonyl (C=O) groups is 1. The Morgan fingerprint density at radius 3 is 2.21 bits per heavy atom. The maximum absolute atomic E-state index is 10.8. The highest BCUT2D eigenvalue weighted by molar-refractivity contribution is 9.10. The van der Waals surface area contributed by atoms with E-state index in [1.54, 1.807) is 11.6 Å². The Bertz CT molecular complexity index is 377. The maximum Gasteiger partial charge on any atom is 0.372 e. The molecule has 0 saturated heterocycles. The van der Waals surface area contributed by atoms with Gasteiger partial charge in [-0.25, -0.2) is 9.78 Å². The summed E-state index contributed by atoms with van der Waals surface area (Å²) in [5, 5.41) is 8.86. The lowest BCUT2D eigenvalue weighted by molar-refractivity contribution is 0.0679. The number of aromatic nitrogens is 2. The summed E-state index contributed by atoms with van der Waals surface area (Å²) in [5.41, 5.74) is 0.753. The zero-order valence-corrected chi connectivity index (χ0v) is 10.2. The van der Waals surface area contributed by atoms with Crippen molar-refractivity contribution in [2.75, 3.05) is 0 Å². The van der Waals surface area contributed by atoms with E-state index < -0.39 is 5.97 Å². The van der Waals surface area contributed by atoms with Crippen LogP contribution in [0.1, 0.15) is 37.1 Å². The highest BCUT2D eigenvalue weighted by Crippen LogP contribution is 2.29. The molecule has 0 amide bonds. The van der Waals surface area contributed by atoms with Gasteiger partial charge in [0.25, 0.3) is 0 Å². The van der Waals surface area contributed by atoms with Crippen LogP contribution in [0.2, 0.25) is 0 Å². The van der Waals surface area contributed by atoms with Crippen molar-refractivity contribution in [3.05, 3.63) is 16.1 Å². The van der Waals surface area contributed by atoms with Gasteiger partial charge in [-0.15, -0.1) is 0 Å². The number of halogens is 1. The fourth-order valence-corrected chi connectivity index (χ4v) is 2.50. The Labute approximate surface area is 91.1 Å². The highest BCUT2D eigenvalue weighted by atomic mass is 79.9. The van der Waals surface area contributed by atoms with Crippen molar-refractivity contribution in [3.8, 4) is 0 Å². The van der Waals surface area contributed by atoms with Crippen LogP contribution in [-0.4, -0.2) is 20.6 Å². The molecule has 1 aromatic heterocycles. The number of carboxylic acid groups (broad SMARTS) is 1. The average Bonchev–Trinajstić information content (AvgIpc) is 2.24. The summed E-state index contributed by atoms with van der Waals surface area (Å²) in [7, 11) is 1.71. The molecule has 78 valence electrons. The van der Waals surface area contributed by atoms with Crippen molar-refractivity contribution in [3.63, 3.8) is 0 Å². The van der Waals surface area contributed by atoms with Crippen molar-refractivity contribution in [1.82, 2.24) is 9.55 Å². The van der Waals surface area contributed by atoms with Crippen LogP contribution in [0.25, 0.3) is 0 Å². The summed E-state index contributed by atoms with van der Waals surface area (Å²) in [6.07, 6.45) is 0. The average molecular weight is 261 g/mol. The third-order valence-corrected chi connectivity index (χ3v) is 2.51. The minimum Gasteiger partial charge on any atom is -0.475 e. The molecule has 0 atom stereocenters. The standard InChI is InChI=1S/C9H13BrN2O2/c1-9(2,3)5-6(10)11-7(8(13)14)12(5)4/h1-4H3,(H,13,14). The Balaban J connectivity index is 3.40. The van der Waals surface area contributed by atoms with Gasteiger partial charge in [0.05, 0.1) is 5.69 Å². The summed E-state index contributed by atoms with van der Waals surface area (Å²) in [5.74, 6) is -0.953. The van der Waals surface area contributed by atoms with Gasteiger partial charge in [-0.3, -0.25) is 0 Å². The predicted molar refractivity (Wildman–Crippen MR) is 56.6 cm³/mol. The Kier molecular flexibility index (Phi) is 2.71. The van der Waals surface area contributed by atoms with E-state index in [-0.39, 0.29) is 11.2 Å². The van der Waals surface area contributed by atoms with E-state index in [1.807, 2.05) is 20.8 Å². The Morgan fingerprint density at radius 1 is 1.50 bits per heavy atom. The van der Waals surface area contributed by atoms with E-state index >= 15 is 0 Å². The second-order valence-corrected chi connectivity index (χ2v) is 4.94. The first kappa shape index (κ1) is 11.2. The quantitative estimate of drug-likeness (QED) is 0.842. The van der Waals surface area contributed by atoms with Gasteiger partial charge in [0.15, 0.2) is 0 Å². The normalized spacial score (nSPS) is 11.8. The van der Waals surface area contributed by atoms with Gasteiger partial charge in [-0.1, -0.05) is 20.8 Å². The number of aromatic carboxylic acids is 1. The van der Waals surface area contributed by atoms with Gasteiger partial charge < -0.3 is 9.67 Å². The second kappa shape index (κ2) is 3.38. The molecule has 0 aliphatic rings. The van der Waals surface area contributed by atoms with E-state index in [0.29, 0.717) is 4.60 Å². The van der Waals surface area contributed by atoms with Crippen molar-refractivity contribution < 1.29 is 9.90 Å². The highest BCUT2D eigenvalue weighted by Gasteiger charge is 2.26. The van der Waals surface area contributed by atoms with Crippen LogP contribution in [0.4, 0.5) is 0 Å². The van der Waals surface area contributed by atoms with E-state index in [4.69, 9.17) is 5.11 Å². The van der Waals surface area contributed by atoms with Crippen LogP contribution in [0, 0.1) is 0 Å². The molecule has 0 bridgehead atoms. The van der Waals surface area contributed by atoms with Gasteiger partial charge in [-0.05, 0) is 15.9 Å². The molecule has 1 N–H and O–H groups in total. The van der Waals surface area contributed by atoms with E-state index in [9.17, 15) is 4.79 Å². The molecule has 0 aliphatic carbocycles. The lowest BCUT2D eigenvalue weighted by atomic mass is 9.93. The molecule has 1 rings (SSSR count). The third kappa shape index (κ3) is 1.82. The van der Waals surface area contributed by atoms with Crippen molar-refractivity contribution in [2.24, 2.45) is 7.05 Å². The minimum absolute atomic E-state index is 0.0572. The summed E-state index contributed by atoms with van der Waals surface area (Å²) in [4.78, 5) is 14.8. The molecular weight excluding hydrogens is 248 g/mol. The van der Waals surface area contributed by atoms with Crippen LogP contribution in [0.3, 0.4) is 0 Å². The summed E-state index contributed by atoms with van der Waals surface area (Å²) in [6.45, 7) is 6.04. The minimum atomic E-state index is -1.01. The fourth-order valence-electron chi connectivity index (χ4n) is 1.47. The summed E-state index contributed by atoms with van der Waals surface area (Å²) < 4.78 is 2.21. The fraction of sp³-hybridized carbons (Fsp3) is 0.556. The topological polar surface area (TPSA) is 55.1 Å². The number of imidazole rings is 1.